The van der Waals surface area contributed by atoms with E-state index in [9.17, 15) is 8.42 Å². The van der Waals surface area contributed by atoms with Crippen molar-refractivity contribution >= 4 is 9.84 Å². The lowest BCUT2D eigenvalue weighted by Crippen LogP contribution is -2.18. The summed E-state index contributed by atoms with van der Waals surface area (Å²) in [4.78, 5) is 0. The molecule has 4 heteroatoms. The van der Waals surface area contributed by atoms with Gasteiger partial charge in [-0.2, -0.15) is 0 Å². The third-order valence-electron chi connectivity index (χ3n) is 3.14. The summed E-state index contributed by atoms with van der Waals surface area (Å²) in [5.41, 5.74) is 5.19. The Bertz CT molecular complexity index is 507. The van der Waals surface area contributed by atoms with Gasteiger partial charge in [-0.05, 0) is 56.0 Å². The second-order valence-corrected chi connectivity index (χ2v) is 7.28. The van der Waals surface area contributed by atoms with Gasteiger partial charge in [0.05, 0.1) is 5.75 Å². The lowest BCUT2D eigenvalue weighted by atomic mass is 10.0. The monoisotopic (exact) mass is 269 g/mol. The van der Waals surface area contributed by atoms with E-state index in [0.717, 1.165) is 13.1 Å². The van der Waals surface area contributed by atoms with Gasteiger partial charge >= 0.3 is 0 Å². The molecule has 18 heavy (non-hydrogen) atoms. The topological polar surface area (TPSA) is 46.2 Å². The van der Waals surface area contributed by atoms with Crippen molar-refractivity contribution in [2.75, 3.05) is 18.6 Å². The maximum Gasteiger partial charge on any atom is 0.147 e. The van der Waals surface area contributed by atoms with Crippen LogP contribution < -0.4 is 5.32 Å². The first-order chi connectivity index (χ1) is 8.29. The van der Waals surface area contributed by atoms with Crippen molar-refractivity contribution in [3.05, 3.63) is 34.4 Å². The molecule has 1 aromatic carbocycles. The Kier molecular flexibility index (Phi) is 5.35. The first-order valence-corrected chi connectivity index (χ1v) is 8.31. The fraction of sp³-hybridized carbons (Fsp3) is 0.571. The number of hydrogen-bond acceptors (Lipinski definition) is 3. The van der Waals surface area contributed by atoms with E-state index in [1.807, 2.05) is 0 Å². The van der Waals surface area contributed by atoms with E-state index in [1.165, 1.54) is 28.5 Å². The summed E-state index contributed by atoms with van der Waals surface area (Å²) in [5, 5.41) is 3.30. The first kappa shape index (κ1) is 15.2. The van der Waals surface area contributed by atoms with Gasteiger partial charge in [0.15, 0.2) is 0 Å². The third kappa shape index (κ3) is 5.19. The molecule has 0 saturated heterocycles. The van der Waals surface area contributed by atoms with Gasteiger partial charge in [-0.1, -0.05) is 12.1 Å². The highest BCUT2D eigenvalue weighted by atomic mass is 32.2. The number of nitrogens with one attached hydrogen (secondary N) is 1. The van der Waals surface area contributed by atoms with E-state index >= 15 is 0 Å². The van der Waals surface area contributed by atoms with Crippen molar-refractivity contribution in [3.63, 3.8) is 0 Å². The molecule has 0 bridgehead atoms. The molecule has 1 aromatic rings. The SMILES string of the molecule is Cc1cc(C)c(CNCCCS(C)(=O)=O)cc1C. The minimum Gasteiger partial charge on any atom is -0.313 e. The molecule has 0 radical (unpaired) electrons. The van der Waals surface area contributed by atoms with Crippen LogP contribution in [0.3, 0.4) is 0 Å². The van der Waals surface area contributed by atoms with Crippen LogP contribution in [0.1, 0.15) is 28.7 Å². The molecule has 0 spiro atoms. The normalized spacial score (nSPS) is 11.8. The molecule has 0 aliphatic rings. The van der Waals surface area contributed by atoms with Gasteiger partial charge < -0.3 is 5.32 Å². The van der Waals surface area contributed by atoms with Crippen molar-refractivity contribution in [1.29, 1.82) is 0 Å². The Balaban J connectivity index is 2.43. The second kappa shape index (κ2) is 6.34. The molecule has 0 amide bonds. The molecule has 0 aliphatic heterocycles. The molecule has 0 saturated carbocycles. The standard InChI is InChI=1S/C14H23NO2S/c1-11-8-13(3)14(9-12(11)2)10-15-6-5-7-18(4,16)17/h8-9,15H,5-7,10H2,1-4H3. The highest BCUT2D eigenvalue weighted by molar-refractivity contribution is 7.90. The van der Waals surface area contributed by atoms with Crippen LogP contribution >= 0.6 is 0 Å². The van der Waals surface area contributed by atoms with Crippen molar-refractivity contribution in [3.8, 4) is 0 Å². The van der Waals surface area contributed by atoms with Gasteiger partial charge in [-0.25, -0.2) is 8.42 Å². The van der Waals surface area contributed by atoms with E-state index in [-0.39, 0.29) is 5.75 Å². The number of rotatable bonds is 6. The van der Waals surface area contributed by atoms with E-state index < -0.39 is 9.84 Å². The smallest absolute Gasteiger partial charge is 0.147 e. The minimum atomic E-state index is -2.83. The predicted octanol–water partition coefficient (Wildman–Crippen LogP) is 2.14. The van der Waals surface area contributed by atoms with Crippen LogP contribution in [0.15, 0.2) is 12.1 Å². The van der Waals surface area contributed by atoms with Crippen LogP contribution in [0.2, 0.25) is 0 Å². The number of benzene rings is 1. The maximum atomic E-state index is 11.0. The van der Waals surface area contributed by atoms with Gasteiger partial charge in [-0.3, -0.25) is 0 Å². The Morgan fingerprint density at radius 2 is 1.67 bits per heavy atom. The Hall–Kier alpha value is -0.870. The highest BCUT2D eigenvalue weighted by Crippen LogP contribution is 2.14. The zero-order valence-corrected chi connectivity index (χ0v) is 12.5. The predicted molar refractivity (Wildman–Crippen MR) is 76.7 cm³/mol. The third-order valence-corrected chi connectivity index (χ3v) is 4.17. The Morgan fingerprint density at radius 1 is 1.06 bits per heavy atom. The van der Waals surface area contributed by atoms with E-state index in [2.05, 4.69) is 38.2 Å². The van der Waals surface area contributed by atoms with Crippen molar-refractivity contribution in [2.24, 2.45) is 0 Å². The van der Waals surface area contributed by atoms with E-state index in [4.69, 9.17) is 0 Å². The number of aryl methyl sites for hydroxylation is 3. The van der Waals surface area contributed by atoms with Crippen LogP contribution in [0.4, 0.5) is 0 Å². The summed E-state index contributed by atoms with van der Waals surface area (Å²) in [6.45, 7) is 7.88. The molecule has 1 N–H and O–H groups in total. The Labute approximate surface area is 111 Å². The van der Waals surface area contributed by atoms with Gasteiger partial charge in [-0.15, -0.1) is 0 Å². The number of sulfone groups is 1. The molecule has 0 unspecified atom stereocenters. The fourth-order valence-electron chi connectivity index (χ4n) is 1.89. The molecule has 0 aliphatic carbocycles. The second-order valence-electron chi connectivity index (χ2n) is 5.02. The summed E-state index contributed by atoms with van der Waals surface area (Å²) < 4.78 is 21.9. The van der Waals surface area contributed by atoms with E-state index in [0.29, 0.717) is 6.42 Å². The van der Waals surface area contributed by atoms with Crippen LogP contribution in [0.25, 0.3) is 0 Å². The zero-order chi connectivity index (χ0) is 13.8. The first-order valence-electron chi connectivity index (χ1n) is 6.25. The van der Waals surface area contributed by atoms with E-state index in [1.54, 1.807) is 0 Å². The molecule has 0 heterocycles. The van der Waals surface area contributed by atoms with Crippen LogP contribution in [0.5, 0.6) is 0 Å². The number of hydrogen-bond donors (Lipinski definition) is 1. The van der Waals surface area contributed by atoms with Gasteiger partial charge in [0.2, 0.25) is 0 Å². The molecule has 0 fully saturated rings. The lowest BCUT2D eigenvalue weighted by Gasteiger charge is -2.10. The molecule has 0 aromatic heterocycles. The fourth-order valence-corrected chi connectivity index (χ4v) is 2.56. The van der Waals surface area contributed by atoms with Crippen molar-refractivity contribution in [2.45, 2.75) is 33.7 Å². The quantitative estimate of drug-likeness (QED) is 0.805. The molecule has 3 nitrogen and oxygen atoms in total. The molecular formula is C14H23NO2S. The Morgan fingerprint density at radius 3 is 2.28 bits per heavy atom. The summed E-state index contributed by atoms with van der Waals surface area (Å²) in [5.74, 6) is 0.256. The van der Waals surface area contributed by atoms with Crippen molar-refractivity contribution in [1.82, 2.24) is 5.32 Å². The lowest BCUT2D eigenvalue weighted by molar-refractivity contribution is 0.594. The van der Waals surface area contributed by atoms with Crippen molar-refractivity contribution < 1.29 is 8.42 Å². The summed E-state index contributed by atoms with van der Waals surface area (Å²) in [6, 6.07) is 4.40. The molecule has 1 rings (SSSR count). The van der Waals surface area contributed by atoms with Gasteiger partial charge in [0.25, 0.3) is 0 Å². The molecule has 0 atom stereocenters. The molecule has 102 valence electrons. The maximum absolute atomic E-state index is 11.0. The van der Waals surface area contributed by atoms with Crippen LogP contribution in [0, 0.1) is 20.8 Å². The average Bonchev–Trinajstić information content (AvgIpc) is 2.23. The van der Waals surface area contributed by atoms with Crippen LogP contribution in [-0.2, 0) is 16.4 Å². The largest absolute Gasteiger partial charge is 0.313 e. The van der Waals surface area contributed by atoms with Gasteiger partial charge in [0.1, 0.15) is 9.84 Å². The summed E-state index contributed by atoms with van der Waals surface area (Å²) in [6.07, 6.45) is 1.95. The minimum absolute atomic E-state index is 0.256. The zero-order valence-electron chi connectivity index (χ0n) is 11.7. The van der Waals surface area contributed by atoms with Crippen LogP contribution in [-0.4, -0.2) is 27.0 Å². The highest BCUT2D eigenvalue weighted by Gasteiger charge is 2.03. The van der Waals surface area contributed by atoms with Gasteiger partial charge in [0, 0.05) is 12.8 Å². The average molecular weight is 269 g/mol. The molecular weight excluding hydrogens is 246 g/mol. The summed E-state index contributed by atoms with van der Waals surface area (Å²) in [7, 11) is -2.83. The summed E-state index contributed by atoms with van der Waals surface area (Å²) >= 11 is 0.